The van der Waals surface area contributed by atoms with Crippen molar-refractivity contribution in [1.82, 2.24) is 20.5 Å². The molecular formula is C16H26F3N5OS. The van der Waals surface area contributed by atoms with Gasteiger partial charge in [-0.25, -0.2) is 9.98 Å². The van der Waals surface area contributed by atoms with Crippen LogP contribution in [-0.4, -0.2) is 61.8 Å². The third-order valence-electron chi connectivity index (χ3n) is 4.52. The number of alkyl halides is 3. The van der Waals surface area contributed by atoms with Gasteiger partial charge in [0.2, 0.25) is 0 Å². The van der Waals surface area contributed by atoms with Crippen LogP contribution in [0.25, 0.3) is 0 Å². The molecule has 6 nitrogen and oxygen atoms in total. The van der Waals surface area contributed by atoms with Crippen LogP contribution in [0.1, 0.15) is 30.5 Å². The van der Waals surface area contributed by atoms with Gasteiger partial charge in [0.05, 0.1) is 6.54 Å². The third kappa shape index (κ3) is 5.55. The first-order valence-corrected chi connectivity index (χ1v) is 9.44. The second kappa shape index (κ2) is 9.01. The van der Waals surface area contributed by atoms with E-state index in [0.717, 1.165) is 29.6 Å². The van der Waals surface area contributed by atoms with E-state index in [1.54, 1.807) is 0 Å². The van der Waals surface area contributed by atoms with E-state index in [4.69, 9.17) is 4.74 Å². The Hall–Kier alpha value is -1.39. The maximum atomic E-state index is 12.6. The van der Waals surface area contributed by atoms with Gasteiger partial charge < -0.3 is 20.3 Å². The highest BCUT2D eigenvalue weighted by atomic mass is 32.1. The number of thiazole rings is 1. The molecule has 0 saturated carbocycles. The van der Waals surface area contributed by atoms with E-state index in [2.05, 4.69) is 25.5 Å². The number of hydrogen-bond acceptors (Lipinski definition) is 5. The molecule has 2 rings (SSSR count). The molecule has 148 valence electrons. The van der Waals surface area contributed by atoms with Gasteiger partial charge in [-0.2, -0.15) is 13.2 Å². The number of hydrogen-bond donors (Lipinski definition) is 2. The summed E-state index contributed by atoms with van der Waals surface area (Å²) in [5, 5.41) is 7.80. The highest BCUT2D eigenvalue weighted by molar-refractivity contribution is 7.09. The normalized spacial score (nSPS) is 18.2. The van der Waals surface area contributed by atoms with Crippen molar-refractivity contribution >= 4 is 17.3 Å². The first kappa shape index (κ1) is 20.9. The molecule has 2 N–H and O–H groups in total. The number of aliphatic imine (C=N–C) groups is 1. The smallest absolute Gasteiger partial charge is 0.381 e. The van der Waals surface area contributed by atoms with Crippen LogP contribution in [0.2, 0.25) is 0 Å². The van der Waals surface area contributed by atoms with Crippen molar-refractivity contribution in [1.29, 1.82) is 0 Å². The first-order chi connectivity index (χ1) is 12.3. The Labute approximate surface area is 155 Å². The number of nitrogens with zero attached hydrogens (tertiary/aromatic N) is 3. The van der Waals surface area contributed by atoms with Crippen LogP contribution in [0.3, 0.4) is 0 Å². The molecule has 0 aromatic carbocycles. The predicted molar refractivity (Wildman–Crippen MR) is 96.4 cm³/mol. The fourth-order valence-electron chi connectivity index (χ4n) is 2.78. The van der Waals surface area contributed by atoms with E-state index in [1.807, 2.05) is 21.0 Å². The Morgan fingerprint density at radius 3 is 2.58 bits per heavy atom. The Kier molecular flexibility index (Phi) is 7.24. The van der Waals surface area contributed by atoms with E-state index < -0.39 is 11.9 Å². The largest absolute Gasteiger partial charge is 0.434 e. The van der Waals surface area contributed by atoms with Gasteiger partial charge in [0.25, 0.3) is 0 Å². The number of guanidine groups is 1. The number of likely N-dealkylation sites (N-methyl/N-ethyl adjacent to an activating group) is 1. The average molecular weight is 393 g/mol. The molecule has 26 heavy (non-hydrogen) atoms. The number of nitrogens with one attached hydrogen (secondary N) is 2. The lowest BCUT2D eigenvalue weighted by Gasteiger charge is -2.43. The van der Waals surface area contributed by atoms with Crippen LogP contribution in [0.5, 0.6) is 0 Å². The lowest BCUT2D eigenvalue weighted by molar-refractivity contribution is -0.140. The summed E-state index contributed by atoms with van der Waals surface area (Å²) >= 11 is 0.968. The third-order valence-corrected chi connectivity index (χ3v) is 5.35. The van der Waals surface area contributed by atoms with Crippen molar-refractivity contribution in [2.75, 3.05) is 40.4 Å². The molecule has 0 amide bonds. The summed E-state index contributed by atoms with van der Waals surface area (Å²) in [5.74, 6) is 0.573. The molecule has 1 aromatic heterocycles. The van der Waals surface area contributed by atoms with Gasteiger partial charge in [-0.3, -0.25) is 0 Å². The van der Waals surface area contributed by atoms with E-state index in [-0.39, 0.29) is 12.1 Å². The molecule has 10 heteroatoms. The molecule has 1 fully saturated rings. The maximum absolute atomic E-state index is 12.6. The van der Waals surface area contributed by atoms with Crippen LogP contribution in [0, 0.1) is 0 Å². The van der Waals surface area contributed by atoms with Crippen LogP contribution in [-0.2, 0) is 17.5 Å². The maximum Gasteiger partial charge on any atom is 0.434 e. The van der Waals surface area contributed by atoms with Crippen molar-refractivity contribution in [3.63, 3.8) is 0 Å². The molecule has 0 atom stereocenters. The van der Waals surface area contributed by atoms with E-state index in [1.165, 1.54) is 0 Å². The van der Waals surface area contributed by atoms with E-state index in [0.29, 0.717) is 37.3 Å². The summed E-state index contributed by atoms with van der Waals surface area (Å²) in [6, 6.07) is 0. The predicted octanol–water partition coefficient (Wildman–Crippen LogP) is 2.33. The van der Waals surface area contributed by atoms with Crippen molar-refractivity contribution in [3.8, 4) is 0 Å². The van der Waals surface area contributed by atoms with Gasteiger partial charge in [0.15, 0.2) is 11.7 Å². The van der Waals surface area contributed by atoms with Crippen molar-refractivity contribution in [3.05, 3.63) is 16.1 Å². The van der Waals surface area contributed by atoms with Crippen molar-refractivity contribution < 1.29 is 17.9 Å². The molecule has 0 radical (unpaired) electrons. The van der Waals surface area contributed by atoms with E-state index in [9.17, 15) is 13.2 Å². The Bertz CT molecular complexity index is 597. The summed E-state index contributed by atoms with van der Waals surface area (Å²) in [5.41, 5.74) is -0.890. The standard InChI is InChI=1S/C16H26F3N5OS/c1-4-20-14(21-9-13-23-12(10-26-13)16(17,18)19)22-11-15(24(2)3)5-7-25-8-6-15/h10H,4-9,11H2,1-3H3,(H2,20,21,22). The minimum atomic E-state index is -4.41. The Balaban J connectivity index is 2.01. The molecule has 1 aromatic rings. The molecule has 0 aliphatic carbocycles. The lowest BCUT2D eigenvalue weighted by atomic mass is 9.88. The zero-order chi connectivity index (χ0) is 19.2. The molecule has 1 aliphatic rings. The van der Waals surface area contributed by atoms with Crippen LogP contribution in [0.15, 0.2) is 10.4 Å². The van der Waals surface area contributed by atoms with Gasteiger partial charge in [0.1, 0.15) is 5.01 Å². The SMILES string of the molecule is CCNC(=NCc1nc(C(F)(F)F)cs1)NCC1(N(C)C)CCOCC1. The van der Waals surface area contributed by atoms with Crippen LogP contribution >= 0.6 is 11.3 Å². The molecule has 1 aliphatic heterocycles. The van der Waals surface area contributed by atoms with Crippen LogP contribution < -0.4 is 10.6 Å². The molecule has 0 bridgehead atoms. The topological polar surface area (TPSA) is 61.8 Å². The molecule has 0 unspecified atom stereocenters. The zero-order valence-electron chi connectivity index (χ0n) is 15.3. The fourth-order valence-corrected chi connectivity index (χ4v) is 3.51. The quantitative estimate of drug-likeness (QED) is 0.574. The summed E-state index contributed by atoms with van der Waals surface area (Å²) in [6.45, 7) is 4.82. The Morgan fingerprint density at radius 1 is 1.35 bits per heavy atom. The Morgan fingerprint density at radius 2 is 2.04 bits per heavy atom. The molecule has 0 spiro atoms. The fraction of sp³-hybridized carbons (Fsp3) is 0.750. The molecular weight excluding hydrogens is 367 g/mol. The highest BCUT2D eigenvalue weighted by Gasteiger charge is 2.35. The minimum absolute atomic E-state index is 0.0287. The van der Waals surface area contributed by atoms with E-state index >= 15 is 0 Å². The zero-order valence-corrected chi connectivity index (χ0v) is 16.1. The number of aromatic nitrogens is 1. The second-order valence-corrected chi connectivity index (χ2v) is 7.35. The number of ether oxygens (including phenoxy) is 1. The summed E-state index contributed by atoms with van der Waals surface area (Å²) in [7, 11) is 4.09. The lowest BCUT2D eigenvalue weighted by Crippen LogP contribution is -2.57. The van der Waals surface area contributed by atoms with Gasteiger partial charge in [0, 0.05) is 37.2 Å². The minimum Gasteiger partial charge on any atom is -0.381 e. The first-order valence-electron chi connectivity index (χ1n) is 8.56. The monoisotopic (exact) mass is 393 g/mol. The average Bonchev–Trinajstić information content (AvgIpc) is 3.07. The summed E-state index contributed by atoms with van der Waals surface area (Å²) in [4.78, 5) is 10.2. The number of rotatable bonds is 6. The summed E-state index contributed by atoms with van der Waals surface area (Å²) < 4.78 is 43.4. The summed E-state index contributed by atoms with van der Waals surface area (Å²) in [6.07, 6.45) is -2.59. The van der Waals surface area contributed by atoms with Crippen LogP contribution in [0.4, 0.5) is 13.2 Å². The van der Waals surface area contributed by atoms with Crippen molar-refractivity contribution in [2.24, 2.45) is 4.99 Å². The van der Waals surface area contributed by atoms with Gasteiger partial charge in [-0.15, -0.1) is 11.3 Å². The second-order valence-electron chi connectivity index (χ2n) is 6.40. The molecule has 1 saturated heterocycles. The molecule has 2 heterocycles. The van der Waals surface area contributed by atoms with Gasteiger partial charge in [-0.1, -0.05) is 0 Å². The van der Waals surface area contributed by atoms with Crippen molar-refractivity contribution in [2.45, 2.75) is 38.0 Å². The van der Waals surface area contributed by atoms with Gasteiger partial charge >= 0.3 is 6.18 Å². The number of halogens is 3. The van der Waals surface area contributed by atoms with Gasteiger partial charge in [-0.05, 0) is 33.9 Å². The highest BCUT2D eigenvalue weighted by Crippen LogP contribution is 2.30.